The Hall–Kier alpha value is -2.06. The lowest BCUT2D eigenvalue weighted by molar-refractivity contribution is -0.156. The monoisotopic (exact) mass is 485 g/mol. The number of β-lactam (4-membered cyclic amide) rings is 1. The Morgan fingerprint density at radius 2 is 2.06 bits per heavy atom. The third-order valence-corrected chi connectivity index (χ3v) is 8.98. The topological polar surface area (TPSA) is 156 Å². The summed E-state index contributed by atoms with van der Waals surface area (Å²) in [7, 11) is 0. The summed E-state index contributed by atoms with van der Waals surface area (Å²) >= 11 is 3.61. The van der Waals surface area contributed by atoms with E-state index in [9.17, 15) is 29.4 Å². The molecule has 0 aliphatic carbocycles. The second-order valence-corrected chi connectivity index (χ2v) is 11.0. The van der Waals surface area contributed by atoms with E-state index >= 15 is 0 Å². The molecular weight excluding hydrogens is 466 g/mol. The van der Waals surface area contributed by atoms with Crippen molar-refractivity contribution in [3.63, 3.8) is 0 Å². The van der Waals surface area contributed by atoms with Crippen LogP contribution >= 0.6 is 34.9 Å². The van der Waals surface area contributed by atoms with Crippen LogP contribution in [0.15, 0.2) is 21.4 Å². The maximum Gasteiger partial charge on any atom is 0.354 e. The van der Waals surface area contributed by atoms with Gasteiger partial charge in [0.2, 0.25) is 11.8 Å². The van der Waals surface area contributed by atoms with Crippen molar-refractivity contribution >= 4 is 64.3 Å². The van der Waals surface area contributed by atoms with E-state index in [1.807, 2.05) is 0 Å². The number of aliphatic hydroxyl groups excluding tert-OH is 1. The van der Waals surface area contributed by atoms with Crippen molar-refractivity contribution in [1.82, 2.24) is 10.2 Å². The number of anilines is 1. The SMILES string of the molecule is CC(O)[C@H]1C(=O)N2C(C(=O)O)=C(S[C@@H]3CN[C@H](C(=O)Nc4csc(C(=O)O)c4)C3)S[C@H]12. The second-order valence-electron chi connectivity index (χ2n) is 7.35. The fraction of sp³-hybridized carbons (Fsp3) is 0.444. The van der Waals surface area contributed by atoms with Crippen molar-refractivity contribution < 1.29 is 34.5 Å². The first-order chi connectivity index (χ1) is 14.7. The van der Waals surface area contributed by atoms with Crippen LogP contribution in [0.4, 0.5) is 5.69 Å². The number of carboxylic acid groups (broad SMARTS) is 2. The van der Waals surface area contributed by atoms with Gasteiger partial charge in [-0.3, -0.25) is 14.5 Å². The zero-order chi connectivity index (χ0) is 22.4. The van der Waals surface area contributed by atoms with Gasteiger partial charge in [0, 0.05) is 17.2 Å². The molecule has 2 saturated heterocycles. The molecular formula is C18H19N3O7S3. The van der Waals surface area contributed by atoms with E-state index in [1.54, 1.807) is 5.38 Å². The van der Waals surface area contributed by atoms with Crippen LogP contribution in [0, 0.1) is 5.92 Å². The second kappa shape index (κ2) is 8.47. The van der Waals surface area contributed by atoms with Crippen molar-refractivity contribution in [1.29, 1.82) is 0 Å². The van der Waals surface area contributed by atoms with Gasteiger partial charge in [-0.05, 0) is 19.4 Å². The molecule has 2 amide bonds. The molecule has 0 spiro atoms. The summed E-state index contributed by atoms with van der Waals surface area (Å²) in [5, 5.41) is 35.2. The van der Waals surface area contributed by atoms with Gasteiger partial charge in [0.05, 0.1) is 28.0 Å². The van der Waals surface area contributed by atoms with Crippen molar-refractivity contribution in [2.75, 3.05) is 11.9 Å². The number of carbonyl (C=O) groups is 4. The molecule has 0 bridgehead atoms. The molecule has 3 aliphatic heterocycles. The number of fused-ring (bicyclic) bond motifs is 1. The quantitative estimate of drug-likeness (QED) is 0.353. The molecule has 3 aliphatic rings. The molecule has 0 saturated carbocycles. The molecule has 10 nitrogen and oxygen atoms in total. The number of aliphatic carboxylic acids is 1. The Morgan fingerprint density at radius 3 is 2.68 bits per heavy atom. The number of amides is 2. The molecule has 5 N–H and O–H groups in total. The van der Waals surface area contributed by atoms with Gasteiger partial charge in [0.1, 0.15) is 10.3 Å². The Morgan fingerprint density at radius 1 is 1.32 bits per heavy atom. The molecule has 31 heavy (non-hydrogen) atoms. The average Bonchev–Trinajstić information content (AvgIpc) is 3.39. The normalized spacial score (nSPS) is 28.3. The van der Waals surface area contributed by atoms with Crippen LogP contribution in [-0.2, 0) is 14.4 Å². The number of thiophene rings is 1. The maximum absolute atomic E-state index is 12.5. The smallest absolute Gasteiger partial charge is 0.354 e. The van der Waals surface area contributed by atoms with Gasteiger partial charge in [0.25, 0.3) is 0 Å². The minimum absolute atomic E-state index is 0.0609. The van der Waals surface area contributed by atoms with Crippen LogP contribution in [0.1, 0.15) is 23.0 Å². The third kappa shape index (κ3) is 4.07. The molecule has 2 fully saturated rings. The van der Waals surface area contributed by atoms with Crippen molar-refractivity contribution in [2.24, 2.45) is 5.92 Å². The number of hydrogen-bond acceptors (Lipinski definition) is 9. The highest BCUT2D eigenvalue weighted by molar-refractivity contribution is 8.23. The Kier molecular flexibility index (Phi) is 6.05. The number of nitrogens with one attached hydrogen (secondary N) is 2. The first-order valence-electron chi connectivity index (χ1n) is 9.35. The molecule has 5 atom stereocenters. The lowest BCUT2D eigenvalue weighted by Gasteiger charge is -2.43. The number of aromatic carboxylic acids is 1. The zero-order valence-corrected chi connectivity index (χ0v) is 18.6. The van der Waals surface area contributed by atoms with Crippen LogP contribution in [0.5, 0.6) is 0 Å². The van der Waals surface area contributed by atoms with Gasteiger partial charge in [-0.1, -0.05) is 11.8 Å². The van der Waals surface area contributed by atoms with E-state index in [1.165, 1.54) is 41.4 Å². The Bertz CT molecular complexity index is 992. The minimum Gasteiger partial charge on any atom is -0.477 e. The fourth-order valence-corrected chi connectivity index (χ4v) is 7.71. The van der Waals surface area contributed by atoms with Crippen molar-refractivity contribution in [2.45, 2.75) is 36.1 Å². The molecule has 4 rings (SSSR count). The number of aliphatic hydroxyl groups is 1. The molecule has 1 aromatic rings. The zero-order valence-electron chi connectivity index (χ0n) is 16.1. The Balaban J connectivity index is 1.38. The van der Waals surface area contributed by atoms with E-state index < -0.39 is 41.3 Å². The summed E-state index contributed by atoms with van der Waals surface area (Å²) in [6, 6.07) is 0.889. The van der Waals surface area contributed by atoms with E-state index in [0.717, 1.165) is 11.3 Å². The molecule has 4 heterocycles. The molecule has 166 valence electrons. The summed E-state index contributed by atoms with van der Waals surface area (Å²) in [6.07, 6.45) is -0.414. The number of nitrogens with zero attached hydrogens (tertiary/aromatic N) is 1. The number of carboxylic acids is 2. The van der Waals surface area contributed by atoms with E-state index in [-0.39, 0.29) is 21.7 Å². The van der Waals surface area contributed by atoms with Crippen LogP contribution in [0.3, 0.4) is 0 Å². The van der Waals surface area contributed by atoms with Gasteiger partial charge in [-0.15, -0.1) is 23.1 Å². The summed E-state index contributed by atoms with van der Waals surface area (Å²) in [4.78, 5) is 48.9. The summed E-state index contributed by atoms with van der Waals surface area (Å²) in [5.41, 5.74) is 0.355. The van der Waals surface area contributed by atoms with Gasteiger partial charge < -0.3 is 26.0 Å². The first kappa shape index (κ1) is 22.1. The minimum atomic E-state index is -1.19. The third-order valence-electron chi connectivity index (χ3n) is 5.23. The highest BCUT2D eigenvalue weighted by atomic mass is 32.2. The van der Waals surface area contributed by atoms with Gasteiger partial charge >= 0.3 is 11.9 Å². The maximum atomic E-state index is 12.5. The average molecular weight is 486 g/mol. The van der Waals surface area contributed by atoms with Gasteiger partial charge in [-0.25, -0.2) is 9.59 Å². The number of hydrogen-bond donors (Lipinski definition) is 5. The number of rotatable bonds is 7. The van der Waals surface area contributed by atoms with Crippen LogP contribution < -0.4 is 10.6 Å². The van der Waals surface area contributed by atoms with Crippen LogP contribution in [0.2, 0.25) is 0 Å². The van der Waals surface area contributed by atoms with Gasteiger partial charge in [0.15, 0.2) is 5.70 Å². The molecule has 0 aromatic carbocycles. The van der Waals surface area contributed by atoms with Crippen LogP contribution in [-0.4, -0.2) is 73.3 Å². The summed E-state index contributed by atoms with van der Waals surface area (Å²) < 4.78 is 0.505. The highest BCUT2D eigenvalue weighted by Gasteiger charge is 2.58. The van der Waals surface area contributed by atoms with Crippen molar-refractivity contribution in [3.05, 3.63) is 26.3 Å². The van der Waals surface area contributed by atoms with E-state index in [0.29, 0.717) is 22.9 Å². The lowest BCUT2D eigenvalue weighted by Crippen LogP contribution is -2.60. The standard InChI is InChI=1S/C18H19N3O7S3/c1-6(22)11-14(24)21-12(17(27)28)18(31-15(11)21)30-8-3-9(19-4-8)13(23)20-7-2-10(16(25)26)29-5-7/h2,5-6,8-9,11,15,19,22H,3-4H2,1H3,(H,20,23)(H,25,26)(H,27,28)/t6?,8-,9-,11-,15+/m0/s1. The predicted octanol–water partition coefficient (Wildman–Crippen LogP) is 1.01. The molecule has 0 radical (unpaired) electrons. The number of carbonyl (C=O) groups excluding carboxylic acids is 2. The van der Waals surface area contributed by atoms with Crippen LogP contribution in [0.25, 0.3) is 0 Å². The van der Waals surface area contributed by atoms with Gasteiger partial charge in [-0.2, -0.15) is 0 Å². The molecule has 1 aromatic heterocycles. The highest BCUT2D eigenvalue weighted by Crippen LogP contribution is 2.55. The van der Waals surface area contributed by atoms with E-state index in [2.05, 4.69) is 10.6 Å². The largest absolute Gasteiger partial charge is 0.477 e. The summed E-state index contributed by atoms with van der Waals surface area (Å²) in [6.45, 7) is 1.99. The lowest BCUT2D eigenvalue weighted by atomic mass is 9.92. The Labute approximate surface area is 189 Å². The molecule has 1 unspecified atom stereocenters. The van der Waals surface area contributed by atoms with Crippen molar-refractivity contribution in [3.8, 4) is 0 Å². The first-order valence-corrected chi connectivity index (χ1v) is 12.0. The predicted molar refractivity (Wildman–Crippen MR) is 116 cm³/mol. The summed E-state index contributed by atoms with van der Waals surface area (Å²) in [5.74, 6) is -3.56. The molecule has 13 heteroatoms. The number of thioether (sulfide) groups is 2. The fourth-order valence-electron chi connectivity index (χ4n) is 3.72. The van der Waals surface area contributed by atoms with E-state index in [4.69, 9.17) is 5.11 Å².